The third kappa shape index (κ3) is 3.42. The van der Waals surface area contributed by atoms with Crippen LogP contribution in [0.2, 0.25) is 0 Å². The van der Waals surface area contributed by atoms with Crippen LogP contribution < -0.4 is 5.43 Å². The number of carbonyl (C=O) groups excluding carboxylic acids is 2. The van der Waals surface area contributed by atoms with Crippen LogP contribution in [0, 0.1) is 5.92 Å². The van der Waals surface area contributed by atoms with E-state index in [-0.39, 0.29) is 17.6 Å². The van der Waals surface area contributed by atoms with E-state index in [0.29, 0.717) is 19.5 Å². The first-order valence-electron chi connectivity index (χ1n) is 7.03. The first-order chi connectivity index (χ1) is 9.11. The molecule has 1 N–H and O–H groups in total. The van der Waals surface area contributed by atoms with Crippen LogP contribution in [-0.4, -0.2) is 54.8 Å². The molecular formula is C14H23N3O2. The number of hydrogen-bond acceptors (Lipinski definition) is 4. The molecule has 0 saturated carbocycles. The molecule has 1 saturated heterocycles. The van der Waals surface area contributed by atoms with E-state index in [2.05, 4.69) is 10.4 Å². The van der Waals surface area contributed by atoms with Crippen LogP contribution in [0.1, 0.15) is 26.2 Å². The maximum absolute atomic E-state index is 12.4. The van der Waals surface area contributed by atoms with Crippen molar-refractivity contribution in [2.45, 2.75) is 26.2 Å². The highest BCUT2D eigenvalue weighted by molar-refractivity contribution is 5.93. The number of nitrogens with zero attached hydrogens (tertiary/aromatic N) is 2. The molecular weight excluding hydrogens is 242 g/mol. The second kappa shape index (κ2) is 6.30. The Morgan fingerprint density at radius 1 is 1.26 bits per heavy atom. The van der Waals surface area contributed by atoms with Crippen molar-refractivity contribution in [3.05, 3.63) is 11.6 Å². The highest BCUT2D eigenvalue weighted by atomic mass is 16.2. The van der Waals surface area contributed by atoms with Gasteiger partial charge in [0.1, 0.15) is 0 Å². The Hall–Kier alpha value is -1.20. The Bertz CT molecular complexity index is 384. The smallest absolute Gasteiger partial charge is 0.226 e. The maximum atomic E-state index is 12.4. The molecule has 0 atom stereocenters. The van der Waals surface area contributed by atoms with E-state index >= 15 is 0 Å². The van der Waals surface area contributed by atoms with Gasteiger partial charge in [0, 0.05) is 32.1 Å². The lowest BCUT2D eigenvalue weighted by Gasteiger charge is -2.34. The van der Waals surface area contributed by atoms with Crippen molar-refractivity contribution in [1.82, 2.24) is 15.3 Å². The molecule has 0 spiro atoms. The Morgan fingerprint density at radius 3 is 2.42 bits per heavy atom. The zero-order valence-electron chi connectivity index (χ0n) is 11.8. The Morgan fingerprint density at radius 2 is 1.95 bits per heavy atom. The molecule has 2 aliphatic heterocycles. The van der Waals surface area contributed by atoms with E-state index in [1.807, 2.05) is 18.0 Å². The lowest BCUT2D eigenvalue weighted by Crippen LogP contribution is -2.47. The van der Waals surface area contributed by atoms with Gasteiger partial charge in [0.2, 0.25) is 5.91 Å². The van der Waals surface area contributed by atoms with Gasteiger partial charge >= 0.3 is 0 Å². The highest BCUT2D eigenvalue weighted by Crippen LogP contribution is 2.21. The lowest BCUT2D eigenvalue weighted by molar-refractivity contribution is -0.137. The van der Waals surface area contributed by atoms with Gasteiger partial charge < -0.3 is 4.90 Å². The van der Waals surface area contributed by atoms with Gasteiger partial charge in [-0.2, -0.15) is 0 Å². The van der Waals surface area contributed by atoms with Crippen molar-refractivity contribution in [3.8, 4) is 0 Å². The molecule has 1 amide bonds. The second-order valence-electron chi connectivity index (χ2n) is 5.30. The van der Waals surface area contributed by atoms with Crippen LogP contribution in [0.4, 0.5) is 0 Å². The summed E-state index contributed by atoms with van der Waals surface area (Å²) in [6, 6.07) is 0. The molecule has 0 aromatic heterocycles. The van der Waals surface area contributed by atoms with Crippen molar-refractivity contribution in [2.24, 2.45) is 5.92 Å². The van der Waals surface area contributed by atoms with Crippen LogP contribution in [0.15, 0.2) is 11.6 Å². The minimum Gasteiger partial charge on any atom is -0.338 e. The molecule has 0 radical (unpaired) electrons. The van der Waals surface area contributed by atoms with Crippen LogP contribution in [-0.2, 0) is 9.59 Å². The first-order valence-corrected chi connectivity index (χ1v) is 7.03. The predicted molar refractivity (Wildman–Crippen MR) is 73.3 cm³/mol. The molecule has 2 rings (SSSR count). The maximum Gasteiger partial charge on any atom is 0.226 e. The van der Waals surface area contributed by atoms with E-state index < -0.39 is 0 Å². The monoisotopic (exact) mass is 265 g/mol. The van der Waals surface area contributed by atoms with Gasteiger partial charge in [0.15, 0.2) is 5.78 Å². The SMILES string of the molecule is CNN1CCC(C(=O)N2CC=C(C(C)=O)CC2)CC1. The summed E-state index contributed by atoms with van der Waals surface area (Å²) in [5.41, 5.74) is 3.99. The van der Waals surface area contributed by atoms with Gasteiger partial charge in [-0.15, -0.1) is 0 Å². The van der Waals surface area contributed by atoms with Crippen molar-refractivity contribution in [1.29, 1.82) is 0 Å². The molecule has 5 nitrogen and oxygen atoms in total. The predicted octanol–water partition coefficient (Wildman–Crippen LogP) is 0.580. The van der Waals surface area contributed by atoms with Crippen molar-refractivity contribution in [3.63, 3.8) is 0 Å². The van der Waals surface area contributed by atoms with E-state index in [0.717, 1.165) is 31.5 Å². The van der Waals surface area contributed by atoms with Gasteiger partial charge in [-0.25, -0.2) is 5.01 Å². The molecule has 0 unspecified atom stereocenters. The summed E-state index contributed by atoms with van der Waals surface area (Å²) in [5, 5.41) is 2.15. The molecule has 5 heteroatoms. The summed E-state index contributed by atoms with van der Waals surface area (Å²) in [4.78, 5) is 25.6. The fourth-order valence-corrected chi connectivity index (χ4v) is 2.80. The number of amides is 1. The van der Waals surface area contributed by atoms with E-state index in [9.17, 15) is 9.59 Å². The average molecular weight is 265 g/mol. The third-order valence-corrected chi connectivity index (χ3v) is 4.13. The van der Waals surface area contributed by atoms with Gasteiger partial charge in [-0.3, -0.25) is 15.0 Å². The molecule has 1 fully saturated rings. The lowest BCUT2D eigenvalue weighted by atomic mass is 9.95. The minimum absolute atomic E-state index is 0.134. The standard InChI is InChI=1S/C14H23N3O2/c1-11(18)12-3-7-16(8-4-12)14(19)13-5-9-17(15-2)10-6-13/h3,13,15H,4-10H2,1-2H3. The summed E-state index contributed by atoms with van der Waals surface area (Å²) in [6.07, 6.45) is 4.45. The molecule has 0 bridgehead atoms. The molecule has 0 aliphatic carbocycles. The Kier molecular flexibility index (Phi) is 4.71. The van der Waals surface area contributed by atoms with Gasteiger partial charge in [0.05, 0.1) is 0 Å². The fraction of sp³-hybridized carbons (Fsp3) is 0.714. The van der Waals surface area contributed by atoms with E-state index in [1.54, 1.807) is 6.92 Å². The molecule has 0 aromatic carbocycles. The normalized spacial score (nSPS) is 22.2. The number of ketones is 1. The number of rotatable bonds is 3. The summed E-state index contributed by atoms with van der Waals surface area (Å²) in [7, 11) is 1.92. The van der Waals surface area contributed by atoms with Gasteiger partial charge in [-0.05, 0) is 38.8 Å². The topological polar surface area (TPSA) is 52.7 Å². The number of piperidine rings is 1. The average Bonchev–Trinajstić information content (AvgIpc) is 2.46. The quantitative estimate of drug-likeness (QED) is 0.811. The zero-order valence-corrected chi connectivity index (χ0v) is 11.8. The number of nitrogens with one attached hydrogen (secondary N) is 1. The first kappa shape index (κ1) is 14.2. The van der Waals surface area contributed by atoms with Crippen LogP contribution in [0.3, 0.4) is 0 Å². The Labute approximate surface area is 114 Å². The molecule has 2 heterocycles. The zero-order chi connectivity index (χ0) is 13.8. The van der Waals surface area contributed by atoms with E-state index in [1.165, 1.54) is 0 Å². The van der Waals surface area contributed by atoms with Crippen molar-refractivity contribution in [2.75, 3.05) is 33.2 Å². The minimum atomic E-state index is 0.134. The second-order valence-corrected chi connectivity index (χ2v) is 5.30. The van der Waals surface area contributed by atoms with Gasteiger partial charge in [0.25, 0.3) is 0 Å². The number of Topliss-reactive ketones (excluding diaryl/α,β-unsaturated/α-hetero) is 1. The summed E-state index contributed by atoms with van der Waals surface area (Å²) in [6.45, 7) is 4.73. The summed E-state index contributed by atoms with van der Waals surface area (Å²) < 4.78 is 0. The van der Waals surface area contributed by atoms with Crippen molar-refractivity contribution < 1.29 is 9.59 Å². The molecule has 19 heavy (non-hydrogen) atoms. The fourth-order valence-electron chi connectivity index (χ4n) is 2.80. The molecule has 106 valence electrons. The van der Waals surface area contributed by atoms with Gasteiger partial charge in [-0.1, -0.05) is 6.08 Å². The van der Waals surface area contributed by atoms with Crippen LogP contribution >= 0.6 is 0 Å². The van der Waals surface area contributed by atoms with Crippen LogP contribution in [0.25, 0.3) is 0 Å². The van der Waals surface area contributed by atoms with E-state index in [4.69, 9.17) is 0 Å². The number of hydrazine groups is 1. The van der Waals surface area contributed by atoms with Crippen molar-refractivity contribution >= 4 is 11.7 Å². The molecule has 0 aromatic rings. The van der Waals surface area contributed by atoms with Crippen LogP contribution in [0.5, 0.6) is 0 Å². The third-order valence-electron chi connectivity index (χ3n) is 4.13. The summed E-state index contributed by atoms with van der Waals surface area (Å²) >= 11 is 0. The Balaban J connectivity index is 1.87. The summed E-state index contributed by atoms with van der Waals surface area (Å²) in [5.74, 6) is 0.543. The largest absolute Gasteiger partial charge is 0.338 e. The number of hydrogen-bond donors (Lipinski definition) is 1. The number of carbonyl (C=O) groups is 2. The highest BCUT2D eigenvalue weighted by Gasteiger charge is 2.29. The molecule has 2 aliphatic rings.